The summed E-state index contributed by atoms with van der Waals surface area (Å²) in [5.41, 5.74) is 2.50. The van der Waals surface area contributed by atoms with Crippen LogP contribution in [0.5, 0.6) is 0 Å². The molecule has 1 aromatic carbocycles. The molecule has 0 N–H and O–H groups in total. The third-order valence-corrected chi connectivity index (χ3v) is 4.58. The van der Waals surface area contributed by atoms with Gasteiger partial charge in [-0.15, -0.1) is 5.10 Å². The van der Waals surface area contributed by atoms with Gasteiger partial charge in [0.2, 0.25) is 0 Å². The zero-order valence-corrected chi connectivity index (χ0v) is 14.7. The Bertz CT molecular complexity index is 851. The Morgan fingerprint density at radius 2 is 1.81 bits per heavy atom. The Kier molecular flexibility index (Phi) is 4.77. The van der Waals surface area contributed by atoms with Crippen LogP contribution in [0.2, 0.25) is 0 Å². The second-order valence-electron chi connectivity index (χ2n) is 6.68. The molecule has 0 radical (unpaired) electrons. The van der Waals surface area contributed by atoms with Gasteiger partial charge in [-0.05, 0) is 31.3 Å². The van der Waals surface area contributed by atoms with E-state index in [0.717, 1.165) is 49.7 Å². The molecule has 3 aromatic rings. The van der Waals surface area contributed by atoms with Crippen molar-refractivity contribution in [1.29, 1.82) is 0 Å². The zero-order valence-electron chi connectivity index (χ0n) is 14.7. The van der Waals surface area contributed by atoms with E-state index in [1.807, 2.05) is 12.3 Å². The van der Waals surface area contributed by atoms with E-state index in [1.54, 1.807) is 16.8 Å². The van der Waals surface area contributed by atoms with Gasteiger partial charge in [-0.1, -0.05) is 10.4 Å². The Hall–Kier alpha value is -2.58. The Balaban J connectivity index is 1.37. The number of piperazine rings is 1. The summed E-state index contributed by atoms with van der Waals surface area (Å²) in [5.74, 6) is 0.335. The van der Waals surface area contributed by atoms with Crippen molar-refractivity contribution < 1.29 is 8.91 Å². The molecule has 2 aromatic heterocycles. The van der Waals surface area contributed by atoms with Crippen LogP contribution >= 0.6 is 0 Å². The molecule has 8 heteroatoms. The van der Waals surface area contributed by atoms with Gasteiger partial charge >= 0.3 is 0 Å². The Labute approximate surface area is 151 Å². The minimum atomic E-state index is -0.274. The molecule has 0 bridgehead atoms. The van der Waals surface area contributed by atoms with E-state index in [-0.39, 0.29) is 5.82 Å². The van der Waals surface area contributed by atoms with E-state index >= 15 is 0 Å². The minimum absolute atomic E-state index is 0.274. The van der Waals surface area contributed by atoms with E-state index in [0.29, 0.717) is 12.3 Å². The molecule has 3 heterocycles. The van der Waals surface area contributed by atoms with E-state index in [2.05, 4.69) is 32.3 Å². The van der Waals surface area contributed by atoms with Crippen molar-refractivity contribution in [3.63, 3.8) is 0 Å². The molecule has 1 aliphatic heterocycles. The molecular formula is C18H21FN6O. The molecule has 1 aliphatic rings. The fraction of sp³-hybridized carbons (Fsp3) is 0.389. The van der Waals surface area contributed by atoms with Crippen molar-refractivity contribution in [1.82, 2.24) is 30.0 Å². The van der Waals surface area contributed by atoms with Crippen molar-refractivity contribution in [2.45, 2.75) is 13.1 Å². The predicted molar refractivity (Wildman–Crippen MR) is 93.8 cm³/mol. The van der Waals surface area contributed by atoms with Crippen molar-refractivity contribution in [2.75, 3.05) is 33.2 Å². The molecule has 7 nitrogen and oxygen atoms in total. The smallest absolute Gasteiger partial charge is 0.167 e. The van der Waals surface area contributed by atoms with Crippen LogP contribution in [0.3, 0.4) is 0 Å². The summed E-state index contributed by atoms with van der Waals surface area (Å²) in [6.07, 6.45) is 1.95. The zero-order chi connectivity index (χ0) is 17.9. The van der Waals surface area contributed by atoms with Crippen LogP contribution in [0, 0.1) is 5.82 Å². The lowest BCUT2D eigenvalue weighted by Crippen LogP contribution is -2.43. The molecule has 1 saturated heterocycles. The number of hydrogen-bond acceptors (Lipinski definition) is 6. The second kappa shape index (κ2) is 7.35. The first-order chi connectivity index (χ1) is 12.7. The number of halogens is 1. The van der Waals surface area contributed by atoms with Gasteiger partial charge in [-0.25, -0.2) is 9.07 Å². The summed E-state index contributed by atoms with van der Waals surface area (Å²) in [6.45, 7) is 5.56. The highest BCUT2D eigenvalue weighted by Crippen LogP contribution is 2.21. The van der Waals surface area contributed by atoms with Crippen molar-refractivity contribution >= 4 is 0 Å². The van der Waals surface area contributed by atoms with Gasteiger partial charge in [0.25, 0.3) is 0 Å². The molecule has 0 atom stereocenters. The number of nitrogens with zero attached hydrogens (tertiary/aromatic N) is 6. The SMILES string of the molecule is CN1CCN(Cc2cn(Cc3cc(-c4ccc(F)cc4)on3)nn2)CC1. The molecule has 26 heavy (non-hydrogen) atoms. The average molecular weight is 356 g/mol. The van der Waals surface area contributed by atoms with Crippen LogP contribution in [0.15, 0.2) is 41.1 Å². The summed E-state index contributed by atoms with van der Waals surface area (Å²) >= 11 is 0. The summed E-state index contributed by atoms with van der Waals surface area (Å²) in [6, 6.07) is 7.99. The predicted octanol–water partition coefficient (Wildman–Crippen LogP) is 1.87. The molecule has 0 unspecified atom stereocenters. The largest absolute Gasteiger partial charge is 0.356 e. The summed E-state index contributed by atoms with van der Waals surface area (Å²) in [4.78, 5) is 4.72. The van der Waals surface area contributed by atoms with Crippen LogP contribution in [-0.4, -0.2) is 63.2 Å². The monoisotopic (exact) mass is 356 g/mol. The first kappa shape index (κ1) is 16.9. The summed E-state index contributed by atoms with van der Waals surface area (Å²) in [7, 11) is 2.14. The second-order valence-corrected chi connectivity index (χ2v) is 6.68. The number of aromatic nitrogens is 4. The highest BCUT2D eigenvalue weighted by molar-refractivity contribution is 5.57. The van der Waals surface area contributed by atoms with Crippen LogP contribution < -0.4 is 0 Å². The first-order valence-corrected chi connectivity index (χ1v) is 8.67. The van der Waals surface area contributed by atoms with Crippen LogP contribution in [-0.2, 0) is 13.1 Å². The third kappa shape index (κ3) is 3.97. The quantitative estimate of drug-likeness (QED) is 0.695. The van der Waals surface area contributed by atoms with Crippen LogP contribution in [0.25, 0.3) is 11.3 Å². The number of benzene rings is 1. The molecule has 0 spiro atoms. The normalized spacial score (nSPS) is 16.2. The number of rotatable bonds is 5. The molecule has 0 saturated carbocycles. The summed E-state index contributed by atoms with van der Waals surface area (Å²) in [5, 5.41) is 12.5. The first-order valence-electron chi connectivity index (χ1n) is 8.67. The topological polar surface area (TPSA) is 63.2 Å². The Morgan fingerprint density at radius 1 is 1.04 bits per heavy atom. The van der Waals surface area contributed by atoms with Gasteiger partial charge in [0.05, 0.1) is 18.4 Å². The fourth-order valence-corrected chi connectivity index (χ4v) is 3.03. The lowest BCUT2D eigenvalue weighted by molar-refractivity contribution is 0.147. The van der Waals surface area contributed by atoms with Gasteiger partial charge in [0.15, 0.2) is 5.76 Å². The molecule has 136 valence electrons. The van der Waals surface area contributed by atoms with Gasteiger partial charge in [0.1, 0.15) is 11.5 Å². The van der Waals surface area contributed by atoms with E-state index < -0.39 is 0 Å². The molecule has 4 rings (SSSR count). The maximum Gasteiger partial charge on any atom is 0.167 e. The third-order valence-electron chi connectivity index (χ3n) is 4.58. The fourth-order valence-electron chi connectivity index (χ4n) is 3.03. The number of hydrogen-bond donors (Lipinski definition) is 0. The maximum absolute atomic E-state index is 13.0. The highest BCUT2D eigenvalue weighted by atomic mass is 19.1. The lowest BCUT2D eigenvalue weighted by atomic mass is 10.1. The average Bonchev–Trinajstić information content (AvgIpc) is 3.28. The van der Waals surface area contributed by atoms with Crippen LogP contribution in [0.1, 0.15) is 11.4 Å². The van der Waals surface area contributed by atoms with Gasteiger partial charge in [-0.3, -0.25) is 4.90 Å². The van der Waals surface area contributed by atoms with Crippen molar-refractivity contribution in [2.24, 2.45) is 0 Å². The number of likely N-dealkylation sites (N-methyl/N-ethyl adjacent to an activating group) is 1. The van der Waals surface area contributed by atoms with Gasteiger partial charge in [0, 0.05) is 44.4 Å². The van der Waals surface area contributed by atoms with E-state index in [9.17, 15) is 4.39 Å². The van der Waals surface area contributed by atoms with Crippen molar-refractivity contribution in [3.8, 4) is 11.3 Å². The van der Waals surface area contributed by atoms with E-state index in [1.165, 1.54) is 12.1 Å². The molecule has 0 amide bonds. The summed E-state index contributed by atoms with van der Waals surface area (Å²) < 4.78 is 20.1. The maximum atomic E-state index is 13.0. The molecular weight excluding hydrogens is 335 g/mol. The lowest BCUT2D eigenvalue weighted by Gasteiger charge is -2.31. The highest BCUT2D eigenvalue weighted by Gasteiger charge is 2.15. The Morgan fingerprint density at radius 3 is 2.58 bits per heavy atom. The van der Waals surface area contributed by atoms with Crippen LogP contribution in [0.4, 0.5) is 4.39 Å². The standard InChI is InChI=1S/C18H21FN6O/c1-23-6-8-24(9-7-23)11-17-13-25(22-20-17)12-16-10-18(26-21-16)14-2-4-15(19)5-3-14/h2-5,10,13H,6-9,11-12H2,1H3. The van der Waals surface area contributed by atoms with Gasteiger partial charge < -0.3 is 9.42 Å². The minimum Gasteiger partial charge on any atom is -0.356 e. The molecule has 0 aliphatic carbocycles. The molecule has 1 fully saturated rings. The van der Waals surface area contributed by atoms with E-state index in [4.69, 9.17) is 4.52 Å². The van der Waals surface area contributed by atoms with Gasteiger partial charge in [-0.2, -0.15) is 0 Å². The van der Waals surface area contributed by atoms with Crippen molar-refractivity contribution in [3.05, 3.63) is 53.7 Å².